The molecule has 0 unspecified atom stereocenters. The van der Waals surface area contributed by atoms with Crippen molar-refractivity contribution >= 4 is 5.97 Å². The van der Waals surface area contributed by atoms with Crippen LogP contribution in [0.25, 0.3) is 0 Å². The first-order valence-electron chi connectivity index (χ1n) is 4.73. The average Bonchev–Trinajstić information content (AvgIpc) is 2.85. The molecule has 0 aliphatic rings. The molecule has 0 spiro atoms. The van der Waals surface area contributed by atoms with Gasteiger partial charge in [-0.25, -0.2) is 18.3 Å². The number of nitrogens with zero attached hydrogens (tertiary/aromatic N) is 5. The molecular weight excluding hydrogens is 252 g/mol. The zero-order valence-corrected chi connectivity index (χ0v) is 9.04. The molecule has 18 heavy (non-hydrogen) atoms. The van der Waals surface area contributed by atoms with Crippen LogP contribution < -0.4 is 0 Å². The number of carbonyl (C=O) groups is 1. The number of aromatic nitrogens is 5. The van der Waals surface area contributed by atoms with Gasteiger partial charge in [0.15, 0.2) is 11.5 Å². The molecule has 0 atom stereocenters. The minimum absolute atomic E-state index is 0.108. The molecule has 2 aromatic heterocycles. The van der Waals surface area contributed by atoms with Crippen molar-refractivity contribution < 1.29 is 23.2 Å². The van der Waals surface area contributed by atoms with E-state index in [9.17, 15) is 13.6 Å². The number of rotatable bonds is 4. The summed E-state index contributed by atoms with van der Waals surface area (Å²) in [5.41, 5.74) is -1.57. The van der Waals surface area contributed by atoms with E-state index in [1.165, 1.54) is 6.92 Å². The van der Waals surface area contributed by atoms with Crippen molar-refractivity contribution in [3.63, 3.8) is 0 Å². The molecule has 0 bridgehead atoms. The molecule has 2 aromatic rings. The van der Waals surface area contributed by atoms with Crippen LogP contribution >= 0.6 is 0 Å². The molecule has 8 nitrogen and oxygen atoms in total. The predicted octanol–water partition coefficient (Wildman–Crippen LogP) is 0.654. The van der Waals surface area contributed by atoms with Crippen LogP contribution in [-0.4, -0.2) is 36.2 Å². The molecule has 0 amide bonds. The van der Waals surface area contributed by atoms with Crippen LogP contribution in [0, 0.1) is 6.92 Å². The first kappa shape index (κ1) is 12.1. The van der Waals surface area contributed by atoms with Gasteiger partial charge in [0.2, 0.25) is 5.89 Å². The highest BCUT2D eigenvalue weighted by Crippen LogP contribution is 2.21. The summed E-state index contributed by atoms with van der Waals surface area (Å²) in [6.45, 7) is 1.30. The van der Waals surface area contributed by atoms with Gasteiger partial charge in [-0.15, -0.1) is 5.10 Å². The quantitative estimate of drug-likeness (QED) is 0.858. The Hall–Kier alpha value is -2.39. The summed E-state index contributed by atoms with van der Waals surface area (Å²) in [6.07, 6.45) is -3.01. The maximum absolute atomic E-state index is 12.8. The molecule has 2 heterocycles. The molecular formula is C8H7F2N5O3. The van der Waals surface area contributed by atoms with Gasteiger partial charge in [0.05, 0.1) is 0 Å². The summed E-state index contributed by atoms with van der Waals surface area (Å²) >= 11 is 0. The standard InChI is InChI=1S/C8H7F2N5O3/c1-3-11-4(13-18-3)2-15-6(7(9)10)5(8(16)17)12-14-15/h7H,2H2,1H3,(H,16,17). The average molecular weight is 259 g/mol. The molecule has 1 N–H and O–H groups in total. The fourth-order valence-corrected chi connectivity index (χ4v) is 1.34. The SMILES string of the molecule is Cc1nc(Cn2nnc(C(=O)O)c2C(F)F)no1. The van der Waals surface area contributed by atoms with Gasteiger partial charge in [0.25, 0.3) is 6.43 Å². The highest BCUT2D eigenvalue weighted by Gasteiger charge is 2.26. The molecule has 0 aliphatic carbocycles. The van der Waals surface area contributed by atoms with Crippen molar-refractivity contribution in [2.45, 2.75) is 19.9 Å². The number of aromatic carboxylic acids is 1. The van der Waals surface area contributed by atoms with E-state index in [0.717, 1.165) is 4.68 Å². The largest absolute Gasteiger partial charge is 0.476 e. The van der Waals surface area contributed by atoms with Crippen LogP contribution in [0.3, 0.4) is 0 Å². The summed E-state index contributed by atoms with van der Waals surface area (Å²) in [5.74, 6) is -1.20. The monoisotopic (exact) mass is 259 g/mol. The molecule has 0 saturated carbocycles. The Labute approximate surface area is 98.2 Å². The van der Waals surface area contributed by atoms with Crippen LogP contribution in [0.2, 0.25) is 0 Å². The Bertz CT molecular complexity index is 579. The van der Waals surface area contributed by atoms with Crippen LogP contribution in [0.4, 0.5) is 8.78 Å². The second-order valence-corrected chi connectivity index (χ2v) is 3.32. The van der Waals surface area contributed by atoms with Crippen molar-refractivity contribution in [2.75, 3.05) is 0 Å². The van der Waals surface area contributed by atoms with Gasteiger partial charge in [-0.2, -0.15) is 4.98 Å². The normalized spacial score (nSPS) is 11.1. The van der Waals surface area contributed by atoms with Crippen molar-refractivity contribution in [1.82, 2.24) is 25.1 Å². The Morgan fingerprint density at radius 2 is 2.28 bits per heavy atom. The highest BCUT2D eigenvalue weighted by atomic mass is 19.3. The molecule has 2 rings (SSSR count). The van der Waals surface area contributed by atoms with Crippen LogP contribution in [0.1, 0.15) is 34.3 Å². The van der Waals surface area contributed by atoms with E-state index in [4.69, 9.17) is 5.11 Å². The van der Waals surface area contributed by atoms with Gasteiger partial charge < -0.3 is 9.63 Å². The maximum atomic E-state index is 12.8. The number of carboxylic acid groups (broad SMARTS) is 1. The second-order valence-electron chi connectivity index (χ2n) is 3.32. The van der Waals surface area contributed by atoms with E-state index in [0.29, 0.717) is 0 Å². The smallest absolute Gasteiger partial charge is 0.358 e. The molecule has 0 radical (unpaired) electrons. The summed E-state index contributed by atoms with van der Waals surface area (Å²) < 4.78 is 30.9. The Morgan fingerprint density at radius 3 is 2.78 bits per heavy atom. The molecule has 0 saturated heterocycles. The maximum Gasteiger partial charge on any atom is 0.358 e. The van der Waals surface area contributed by atoms with E-state index in [1.807, 2.05) is 0 Å². The van der Waals surface area contributed by atoms with Gasteiger partial charge in [-0.05, 0) is 0 Å². The third kappa shape index (κ3) is 2.17. The second kappa shape index (κ2) is 4.47. The van der Waals surface area contributed by atoms with E-state index < -0.39 is 23.8 Å². The molecule has 0 aliphatic heterocycles. The summed E-state index contributed by atoms with van der Waals surface area (Å²) in [6, 6.07) is 0. The summed E-state index contributed by atoms with van der Waals surface area (Å²) in [5, 5.41) is 18.7. The van der Waals surface area contributed by atoms with Gasteiger partial charge in [-0.3, -0.25) is 0 Å². The van der Waals surface area contributed by atoms with Crippen LogP contribution in [0.5, 0.6) is 0 Å². The lowest BCUT2D eigenvalue weighted by Crippen LogP contribution is -2.10. The van der Waals surface area contributed by atoms with Crippen molar-refractivity contribution in [3.05, 3.63) is 23.1 Å². The highest BCUT2D eigenvalue weighted by molar-refractivity contribution is 5.86. The Balaban J connectivity index is 2.36. The minimum atomic E-state index is -3.01. The molecule has 10 heteroatoms. The molecule has 96 valence electrons. The zero-order valence-electron chi connectivity index (χ0n) is 9.04. The first-order chi connectivity index (χ1) is 8.49. The first-order valence-corrected chi connectivity index (χ1v) is 4.73. The number of hydrogen-bond donors (Lipinski definition) is 1. The van der Waals surface area contributed by atoms with Crippen LogP contribution in [0.15, 0.2) is 4.52 Å². The van der Waals surface area contributed by atoms with Gasteiger partial charge in [0, 0.05) is 6.92 Å². The van der Waals surface area contributed by atoms with E-state index in [1.54, 1.807) is 0 Å². The van der Waals surface area contributed by atoms with E-state index >= 15 is 0 Å². The fourth-order valence-electron chi connectivity index (χ4n) is 1.34. The number of alkyl halides is 2. The lowest BCUT2D eigenvalue weighted by molar-refractivity contribution is 0.0675. The minimum Gasteiger partial charge on any atom is -0.476 e. The van der Waals surface area contributed by atoms with Crippen molar-refractivity contribution in [3.8, 4) is 0 Å². The Morgan fingerprint density at radius 1 is 1.56 bits per heavy atom. The van der Waals surface area contributed by atoms with Crippen molar-refractivity contribution in [2.24, 2.45) is 0 Å². The zero-order chi connectivity index (χ0) is 13.3. The third-order valence-electron chi connectivity index (χ3n) is 2.04. The number of hydrogen-bond acceptors (Lipinski definition) is 6. The number of carboxylic acids is 1. The predicted molar refractivity (Wildman–Crippen MR) is 50.1 cm³/mol. The third-order valence-corrected chi connectivity index (χ3v) is 2.04. The lowest BCUT2D eigenvalue weighted by Gasteiger charge is -2.02. The summed E-state index contributed by atoms with van der Waals surface area (Å²) in [4.78, 5) is 14.5. The Kier molecular flexibility index (Phi) is 3.00. The number of aryl methyl sites for hydroxylation is 1. The van der Waals surface area contributed by atoms with Gasteiger partial charge in [-0.1, -0.05) is 10.4 Å². The van der Waals surface area contributed by atoms with E-state index in [2.05, 4.69) is 25.0 Å². The fraction of sp³-hybridized carbons (Fsp3) is 0.375. The van der Waals surface area contributed by atoms with E-state index in [-0.39, 0.29) is 18.3 Å². The van der Waals surface area contributed by atoms with Gasteiger partial charge >= 0.3 is 5.97 Å². The topological polar surface area (TPSA) is 107 Å². The molecule has 0 aromatic carbocycles. The van der Waals surface area contributed by atoms with Gasteiger partial charge in [0.1, 0.15) is 12.2 Å². The van der Waals surface area contributed by atoms with Crippen LogP contribution in [-0.2, 0) is 6.54 Å². The number of halogens is 2. The van der Waals surface area contributed by atoms with Crippen molar-refractivity contribution in [1.29, 1.82) is 0 Å². The lowest BCUT2D eigenvalue weighted by atomic mass is 10.3. The summed E-state index contributed by atoms with van der Waals surface area (Å²) in [7, 11) is 0. The molecule has 0 fully saturated rings.